The largest absolute Gasteiger partial charge is 0.330 e. The first-order valence-corrected chi connectivity index (χ1v) is 6.21. The fourth-order valence-corrected chi connectivity index (χ4v) is 2.29. The van der Waals surface area contributed by atoms with Gasteiger partial charge in [0.1, 0.15) is 11.6 Å². The molecule has 0 radical (unpaired) electrons. The summed E-state index contributed by atoms with van der Waals surface area (Å²) in [7, 11) is 0. The van der Waals surface area contributed by atoms with E-state index in [1.165, 1.54) is 12.1 Å². The van der Waals surface area contributed by atoms with E-state index >= 15 is 0 Å². The van der Waals surface area contributed by atoms with Crippen LogP contribution in [0.15, 0.2) is 48.7 Å². The number of fused-ring (bicyclic) bond motifs is 1. The highest BCUT2D eigenvalue weighted by atomic mass is 19.1. The zero-order chi connectivity index (χ0) is 13.2. The molecular formula is C15H14FN3. The number of aromatic nitrogens is 2. The molecule has 0 atom stereocenters. The van der Waals surface area contributed by atoms with Gasteiger partial charge in [-0.05, 0) is 30.8 Å². The van der Waals surface area contributed by atoms with Crippen LogP contribution in [0.5, 0.6) is 0 Å². The summed E-state index contributed by atoms with van der Waals surface area (Å²) in [5.41, 5.74) is 8.36. The number of imidazole rings is 1. The first kappa shape index (κ1) is 11.9. The molecule has 0 aliphatic rings. The lowest BCUT2D eigenvalue weighted by molar-refractivity contribution is 0.628. The van der Waals surface area contributed by atoms with Gasteiger partial charge >= 0.3 is 0 Å². The number of nitrogens with two attached hydrogens (primary N) is 1. The van der Waals surface area contributed by atoms with Crippen molar-refractivity contribution in [2.75, 3.05) is 6.54 Å². The third-order valence-electron chi connectivity index (χ3n) is 3.11. The van der Waals surface area contributed by atoms with Crippen molar-refractivity contribution in [1.82, 2.24) is 9.38 Å². The van der Waals surface area contributed by atoms with Crippen molar-refractivity contribution in [3.63, 3.8) is 0 Å². The number of nitrogens with zero attached hydrogens (tertiary/aromatic N) is 2. The fraction of sp³-hybridized carbons (Fsp3) is 0.133. The maximum Gasteiger partial charge on any atom is 0.123 e. The molecule has 4 heteroatoms. The Morgan fingerprint density at radius 1 is 1.16 bits per heavy atom. The second-order valence-electron chi connectivity index (χ2n) is 4.39. The molecular weight excluding hydrogens is 241 g/mol. The molecule has 0 spiro atoms. The molecule has 0 bridgehead atoms. The summed E-state index contributed by atoms with van der Waals surface area (Å²) < 4.78 is 15.4. The number of rotatable bonds is 3. The summed E-state index contributed by atoms with van der Waals surface area (Å²) in [6.45, 7) is 0.538. The predicted octanol–water partition coefficient (Wildman–Crippen LogP) is 2.64. The number of pyridine rings is 1. The minimum atomic E-state index is -0.241. The summed E-state index contributed by atoms with van der Waals surface area (Å²) in [6, 6.07) is 12.5. The average Bonchev–Trinajstić information content (AvgIpc) is 2.83. The number of hydrogen-bond acceptors (Lipinski definition) is 2. The van der Waals surface area contributed by atoms with Gasteiger partial charge in [-0.25, -0.2) is 9.37 Å². The van der Waals surface area contributed by atoms with E-state index in [4.69, 9.17) is 5.73 Å². The Balaban J connectivity index is 2.25. The topological polar surface area (TPSA) is 43.3 Å². The fourth-order valence-electron chi connectivity index (χ4n) is 2.29. The normalized spacial score (nSPS) is 11.1. The number of hydrogen-bond donors (Lipinski definition) is 1. The first-order chi connectivity index (χ1) is 9.29. The highest BCUT2D eigenvalue weighted by Crippen LogP contribution is 2.23. The second-order valence-corrected chi connectivity index (χ2v) is 4.39. The summed E-state index contributed by atoms with van der Waals surface area (Å²) in [5.74, 6) is 0.660. The molecule has 3 nitrogen and oxygen atoms in total. The molecule has 0 saturated heterocycles. The van der Waals surface area contributed by atoms with Gasteiger partial charge in [0, 0.05) is 12.0 Å². The molecule has 1 aromatic carbocycles. The first-order valence-electron chi connectivity index (χ1n) is 6.21. The van der Waals surface area contributed by atoms with Gasteiger partial charge in [-0.1, -0.05) is 18.2 Å². The van der Waals surface area contributed by atoms with Gasteiger partial charge in [-0.2, -0.15) is 0 Å². The standard InChI is InChI=1S/C15H14FN3/c16-12-4-1-3-11(9-12)14-6-2-5-13-10-18-15(7-8-17)19(13)14/h1-6,9-10H,7-8,17H2. The van der Waals surface area contributed by atoms with Crippen molar-refractivity contribution in [1.29, 1.82) is 0 Å². The molecule has 0 unspecified atom stereocenters. The molecule has 0 aliphatic heterocycles. The minimum absolute atomic E-state index is 0.241. The van der Waals surface area contributed by atoms with Gasteiger partial charge in [0.2, 0.25) is 0 Å². The Labute approximate surface area is 110 Å². The van der Waals surface area contributed by atoms with Crippen LogP contribution in [-0.4, -0.2) is 15.9 Å². The van der Waals surface area contributed by atoms with Crippen LogP contribution in [0.4, 0.5) is 4.39 Å². The maximum atomic E-state index is 13.4. The van der Waals surface area contributed by atoms with E-state index in [1.807, 2.05) is 34.9 Å². The van der Waals surface area contributed by atoms with Gasteiger partial charge in [0.15, 0.2) is 0 Å². The van der Waals surface area contributed by atoms with E-state index in [9.17, 15) is 4.39 Å². The van der Waals surface area contributed by atoms with Crippen molar-refractivity contribution < 1.29 is 4.39 Å². The third kappa shape index (κ3) is 2.11. The molecule has 0 aliphatic carbocycles. The Hall–Kier alpha value is -2.20. The number of halogens is 1. The molecule has 2 N–H and O–H groups in total. The monoisotopic (exact) mass is 255 g/mol. The summed E-state index contributed by atoms with van der Waals surface area (Å²) >= 11 is 0. The van der Waals surface area contributed by atoms with Gasteiger partial charge in [0.05, 0.1) is 17.4 Å². The minimum Gasteiger partial charge on any atom is -0.330 e. The zero-order valence-electron chi connectivity index (χ0n) is 10.4. The highest BCUT2D eigenvalue weighted by molar-refractivity contribution is 5.65. The van der Waals surface area contributed by atoms with Gasteiger partial charge in [-0.15, -0.1) is 0 Å². The molecule has 0 fully saturated rings. The Bertz CT molecular complexity index is 718. The van der Waals surface area contributed by atoms with Crippen molar-refractivity contribution in [3.8, 4) is 11.3 Å². The lowest BCUT2D eigenvalue weighted by Gasteiger charge is -2.09. The van der Waals surface area contributed by atoms with Crippen molar-refractivity contribution in [2.24, 2.45) is 5.73 Å². The van der Waals surface area contributed by atoms with Crippen LogP contribution in [0.2, 0.25) is 0 Å². The van der Waals surface area contributed by atoms with E-state index in [1.54, 1.807) is 6.07 Å². The van der Waals surface area contributed by atoms with E-state index in [2.05, 4.69) is 4.98 Å². The van der Waals surface area contributed by atoms with E-state index < -0.39 is 0 Å². The molecule has 96 valence electrons. The smallest absolute Gasteiger partial charge is 0.123 e. The van der Waals surface area contributed by atoms with Crippen LogP contribution in [-0.2, 0) is 6.42 Å². The lowest BCUT2D eigenvalue weighted by atomic mass is 10.1. The molecule has 19 heavy (non-hydrogen) atoms. The predicted molar refractivity (Wildman–Crippen MR) is 73.3 cm³/mol. The van der Waals surface area contributed by atoms with Crippen LogP contribution < -0.4 is 5.73 Å². The summed E-state index contributed by atoms with van der Waals surface area (Å²) in [5, 5.41) is 0. The second kappa shape index (κ2) is 4.82. The van der Waals surface area contributed by atoms with Crippen LogP contribution in [0.25, 0.3) is 16.8 Å². The molecule has 3 rings (SSSR count). The lowest BCUT2D eigenvalue weighted by Crippen LogP contribution is -2.07. The van der Waals surface area contributed by atoms with Crippen LogP contribution >= 0.6 is 0 Å². The third-order valence-corrected chi connectivity index (χ3v) is 3.11. The number of benzene rings is 1. The Morgan fingerprint density at radius 3 is 2.79 bits per heavy atom. The molecule has 0 amide bonds. The average molecular weight is 255 g/mol. The highest BCUT2D eigenvalue weighted by Gasteiger charge is 2.09. The maximum absolute atomic E-state index is 13.4. The van der Waals surface area contributed by atoms with Crippen LogP contribution in [0.3, 0.4) is 0 Å². The zero-order valence-corrected chi connectivity index (χ0v) is 10.4. The summed E-state index contributed by atoms with van der Waals surface area (Å²) in [6.07, 6.45) is 2.51. The van der Waals surface area contributed by atoms with Crippen molar-refractivity contribution in [3.05, 3.63) is 60.3 Å². The van der Waals surface area contributed by atoms with E-state index in [0.29, 0.717) is 13.0 Å². The SMILES string of the molecule is NCCc1ncc2cccc(-c3cccc(F)c3)n12. The Kier molecular flexibility index (Phi) is 3.01. The molecule has 2 aromatic heterocycles. The molecule has 3 aromatic rings. The molecule has 2 heterocycles. The van der Waals surface area contributed by atoms with Crippen molar-refractivity contribution in [2.45, 2.75) is 6.42 Å². The van der Waals surface area contributed by atoms with E-state index in [-0.39, 0.29) is 5.82 Å². The quantitative estimate of drug-likeness (QED) is 0.781. The van der Waals surface area contributed by atoms with Crippen molar-refractivity contribution >= 4 is 5.52 Å². The summed E-state index contributed by atoms with van der Waals surface area (Å²) in [4.78, 5) is 4.38. The van der Waals surface area contributed by atoms with Crippen LogP contribution in [0.1, 0.15) is 5.82 Å². The molecule has 0 saturated carbocycles. The Morgan fingerprint density at radius 2 is 2.00 bits per heavy atom. The van der Waals surface area contributed by atoms with Crippen LogP contribution in [0, 0.1) is 5.82 Å². The van der Waals surface area contributed by atoms with Gasteiger partial charge < -0.3 is 5.73 Å². The van der Waals surface area contributed by atoms with Gasteiger partial charge in [-0.3, -0.25) is 4.40 Å². The van der Waals surface area contributed by atoms with E-state index in [0.717, 1.165) is 22.6 Å². The van der Waals surface area contributed by atoms with Gasteiger partial charge in [0.25, 0.3) is 0 Å².